The molecule has 0 aliphatic heterocycles. The molecule has 0 aliphatic carbocycles. The van der Waals surface area contributed by atoms with Crippen LogP contribution in [0.2, 0.25) is 5.02 Å². The average Bonchev–Trinajstić information content (AvgIpc) is 2.64. The molecule has 0 saturated heterocycles. The number of benzene rings is 2. The Morgan fingerprint density at radius 1 is 1.00 bits per heavy atom. The molecule has 0 aromatic heterocycles. The van der Waals surface area contributed by atoms with E-state index in [4.69, 9.17) is 22.1 Å². The van der Waals surface area contributed by atoms with E-state index in [0.717, 1.165) is 0 Å². The molecule has 0 radical (unpaired) electrons. The summed E-state index contributed by atoms with van der Waals surface area (Å²) >= 11 is 6.03. The van der Waals surface area contributed by atoms with E-state index in [-0.39, 0.29) is 16.5 Å². The first kappa shape index (κ1) is 20.5. The molecule has 2 amide bonds. The minimum absolute atomic E-state index is 0.243. The lowest BCUT2D eigenvalue weighted by atomic mass is 10.0. The maximum Gasteiger partial charge on any atom is 0.330 e. The Labute approximate surface area is 162 Å². The second kappa shape index (κ2) is 9.19. The number of ether oxygens (including phenoxy) is 1. The topological polar surface area (TPSA) is 98.5 Å². The molecule has 0 saturated carbocycles. The standard InChI is InChI=1S/C20H21ClN2O4/c1-12(2)16(23-19(25)14-10-6-7-11-15(14)21)20(26)27-17(18(22)24)13-8-4-3-5-9-13/h3-12,16-17H,1-2H3,(H2,22,24)(H,23,25)/t16-,17+/m1/s1. The van der Waals surface area contributed by atoms with Crippen LogP contribution in [0.5, 0.6) is 0 Å². The molecule has 0 unspecified atom stereocenters. The minimum atomic E-state index is -1.24. The van der Waals surface area contributed by atoms with Crippen molar-refractivity contribution in [2.45, 2.75) is 26.0 Å². The summed E-state index contributed by atoms with van der Waals surface area (Å²) in [6.45, 7) is 3.50. The van der Waals surface area contributed by atoms with Crippen LogP contribution < -0.4 is 11.1 Å². The molecule has 0 heterocycles. The first-order valence-corrected chi connectivity index (χ1v) is 8.79. The van der Waals surface area contributed by atoms with Gasteiger partial charge in [-0.05, 0) is 18.1 Å². The second-order valence-corrected chi connectivity index (χ2v) is 6.71. The number of carbonyl (C=O) groups is 3. The SMILES string of the molecule is CC(C)[C@@H](NC(=O)c1ccccc1Cl)C(=O)O[C@H](C(N)=O)c1ccccc1. The second-order valence-electron chi connectivity index (χ2n) is 6.30. The van der Waals surface area contributed by atoms with Crippen molar-refractivity contribution in [2.75, 3.05) is 0 Å². The van der Waals surface area contributed by atoms with E-state index >= 15 is 0 Å². The van der Waals surface area contributed by atoms with Gasteiger partial charge in [0.2, 0.25) is 6.10 Å². The largest absolute Gasteiger partial charge is 0.446 e. The predicted octanol–water partition coefficient (Wildman–Crippen LogP) is 2.86. The van der Waals surface area contributed by atoms with Gasteiger partial charge < -0.3 is 15.8 Å². The number of hydrogen-bond donors (Lipinski definition) is 2. The average molecular weight is 389 g/mol. The van der Waals surface area contributed by atoms with Gasteiger partial charge in [-0.25, -0.2) is 4.79 Å². The Morgan fingerprint density at radius 3 is 2.15 bits per heavy atom. The molecule has 2 atom stereocenters. The van der Waals surface area contributed by atoms with E-state index in [9.17, 15) is 14.4 Å². The Hall–Kier alpha value is -2.86. The van der Waals surface area contributed by atoms with Gasteiger partial charge in [-0.3, -0.25) is 9.59 Å². The number of amides is 2. The van der Waals surface area contributed by atoms with Crippen molar-refractivity contribution < 1.29 is 19.1 Å². The van der Waals surface area contributed by atoms with Crippen LogP contribution in [-0.2, 0) is 14.3 Å². The molecule has 0 fully saturated rings. The minimum Gasteiger partial charge on any atom is -0.446 e. The smallest absolute Gasteiger partial charge is 0.330 e. The van der Waals surface area contributed by atoms with Gasteiger partial charge in [0, 0.05) is 5.56 Å². The zero-order valence-corrected chi connectivity index (χ0v) is 15.8. The van der Waals surface area contributed by atoms with Crippen molar-refractivity contribution in [2.24, 2.45) is 11.7 Å². The van der Waals surface area contributed by atoms with Crippen molar-refractivity contribution in [3.8, 4) is 0 Å². The van der Waals surface area contributed by atoms with Crippen LogP contribution in [0.4, 0.5) is 0 Å². The Kier molecular flexibility index (Phi) is 6.96. The van der Waals surface area contributed by atoms with Crippen LogP contribution in [0.25, 0.3) is 0 Å². The van der Waals surface area contributed by atoms with Crippen LogP contribution in [0.15, 0.2) is 54.6 Å². The van der Waals surface area contributed by atoms with E-state index in [1.54, 1.807) is 68.4 Å². The van der Waals surface area contributed by atoms with Gasteiger partial charge in [0.1, 0.15) is 6.04 Å². The number of halogens is 1. The summed E-state index contributed by atoms with van der Waals surface area (Å²) in [7, 11) is 0. The van der Waals surface area contributed by atoms with Crippen molar-refractivity contribution in [3.63, 3.8) is 0 Å². The lowest BCUT2D eigenvalue weighted by Gasteiger charge is -2.24. The fourth-order valence-corrected chi connectivity index (χ4v) is 2.69. The zero-order valence-electron chi connectivity index (χ0n) is 15.0. The third-order valence-corrected chi connectivity index (χ3v) is 4.25. The molecule has 2 rings (SSSR count). The Balaban J connectivity index is 2.18. The summed E-state index contributed by atoms with van der Waals surface area (Å²) in [6.07, 6.45) is -1.24. The molecule has 0 spiro atoms. The molecule has 0 bridgehead atoms. The molecule has 142 valence electrons. The van der Waals surface area contributed by atoms with Gasteiger partial charge in [-0.1, -0.05) is 67.9 Å². The maximum atomic E-state index is 12.6. The van der Waals surface area contributed by atoms with Gasteiger partial charge in [0.15, 0.2) is 0 Å². The highest BCUT2D eigenvalue weighted by Gasteiger charge is 2.31. The summed E-state index contributed by atoms with van der Waals surface area (Å²) in [6, 6.07) is 14.0. The molecule has 6 nitrogen and oxygen atoms in total. The van der Waals surface area contributed by atoms with Gasteiger partial charge >= 0.3 is 5.97 Å². The van der Waals surface area contributed by atoms with E-state index in [2.05, 4.69) is 5.32 Å². The van der Waals surface area contributed by atoms with Gasteiger partial charge in [-0.15, -0.1) is 0 Å². The van der Waals surface area contributed by atoms with Crippen molar-refractivity contribution in [1.82, 2.24) is 5.32 Å². The molecule has 3 N–H and O–H groups in total. The summed E-state index contributed by atoms with van der Waals surface area (Å²) in [5.74, 6) is -2.34. The third-order valence-electron chi connectivity index (χ3n) is 3.92. The highest BCUT2D eigenvalue weighted by molar-refractivity contribution is 6.33. The van der Waals surface area contributed by atoms with E-state index < -0.39 is 29.9 Å². The number of carbonyl (C=O) groups excluding carboxylic acids is 3. The highest BCUT2D eigenvalue weighted by Crippen LogP contribution is 2.20. The quantitative estimate of drug-likeness (QED) is 0.712. The maximum absolute atomic E-state index is 12.6. The van der Waals surface area contributed by atoms with Gasteiger partial charge in [0.25, 0.3) is 11.8 Å². The van der Waals surface area contributed by atoms with E-state index in [1.165, 1.54) is 0 Å². The van der Waals surface area contributed by atoms with E-state index in [0.29, 0.717) is 5.56 Å². The van der Waals surface area contributed by atoms with Crippen LogP contribution in [0.3, 0.4) is 0 Å². The Bertz CT molecular complexity index is 824. The van der Waals surface area contributed by atoms with Crippen LogP contribution in [0, 0.1) is 5.92 Å². The number of esters is 1. The number of nitrogens with one attached hydrogen (secondary N) is 1. The molecule has 2 aromatic carbocycles. The lowest BCUT2D eigenvalue weighted by Crippen LogP contribution is -2.46. The summed E-state index contributed by atoms with van der Waals surface area (Å²) < 4.78 is 5.33. The van der Waals surface area contributed by atoms with Crippen LogP contribution in [-0.4, -0.2) is 23.8 Å². The molecule has 27 heavy (non-hydrogen) atoms. The number of primary amides is 1. The number of nitrogens with two attached hydrogens (primary N) is 1. The normalized spacial score (nSPS) is 12.9. The van der Waals surface area contributed by atoms with Crippen molar-refractivity contribution >= 4 is 29.4 Å². The zero-order chi connectivity index (χ0) is 20.0. The fraction of sp³-hybridized carbons (Fsp3) is 0.250. The summed E-state index contributed by atoms with van der Waals surface area (Å²) in [5, 5.41) is 2.89. The predicted molar refractivity (Wildman–Crippen MR) is 102 cm³/mol. The molecule has 7 heteroatoms. The number of hydrogen-bond acceptors (Lipinski definition) is 4. The fourth-order valence-electron chi connectivity index (χ4n) is 2.47. The first-order valence-electron chi connectivity index (χ1n) is 8.41. The van der Waals surface area contributed by atoms with Crippen LogP contribution in [0.1, 0.15) is 35.9 Å². The number of rotatable bonds is 7. The molecular formula is C20H21ClN2O4. The summed E-state index contributed by atoms with van der Waals surface area (Å²) in [4.78, 5) is 36.9. The van der Waals surface area contributed by atoms with Crippen molar-refractivity contribution in [3.05, 3.63) is 70.7 Å². The summed E-state index contributed by atoms with van der Waals surface area (Å²) in [5.41, 5.74) is 6.08. The monoisotopic (exact) mass is 388 g/mol. The van der Waals surface area contributed by atoms with Gasteiger partial charge in [0.05, 0.1) is 10.6 Å². The third kappa shape index (κ3) is 5.31. The van der Waals surface area contributed by atoms with E-state index in [1.807, 2.05) is 0 Å². The lowest BCUT2D eigenvalue weighted by molar-refractivity contribution is -0.158. The van der Waals surface area contributed by atoms with Gasteiger partial charge in [-0.2, -0.15) is 0 Å². The molecule has 2 aromatic rings. The molecule has 0 aliphatic rings. The highest BCUT2D eigenvalue weighted by atomic mass is 35.5. The van der Waals surface area contributed by atoms with Crippen LogP contribution >= 0.6 is 11.6 Å². The first-order chi connectivity index (χ1) is 12.8. The Morgan fingerprint density at radius 2 is 1.59 bits per heavy atom. The molecular weight excluding hydrogens is 368 g/mol. The van der Waals surface area contributed by atoms with Crippen molar-refractivity contribution in [1.29, 1.82) is 0 Å².